The van der Waals surface area contributed by atoms with Gasteiger partial charge in [0, 0.05) is 5.92 Å². The lowest BCUT2D eigenvalue weighted by Crippen LogP contribution is -2.55. The van der Waals surface area contributed by atoms with Gasteiger partial charge in [-0.25, -0.2) is 0 Å². The molecule has 1 heterocycles. The zero-order valence-electron chi connectivity index (χ0n) is 10.4. The summed E-state index contributed by atoms with van der Waals surface area (Å²) in [5.74, 6) is 0.244. The summed E-state index contributed by atoms with van der Waals surface area (Å²) in [5.41, 5.74) is 1.51. The van der Waals surface area contributed by atoms with E-state index in [1.807, 2.05) is 6.08 Å². The number of fused-ring (bicyclic) bond motifs is 1. The molecule has 94 valence electrons. The Kier molecular flexibility index (Phi) is 1.95. The van der Waals surface area contributed by atoms with Gasteiger partial charge in [-0.1, -0.05) is 18.6 Å². The molecule has 3 nitrogen and oxygen atoms in total. The standard InChI is InChI=1S/C15H17NO2/c17-13-9-5-1-2-6-10(9)15-8-4-3-7-11(15)12(13)14(18)16-15/h1,5,9-10H,2-4,6-8H2,(H,16,18). The van der Waals surface area contributed by atoms with E-state index in [4.69, 9.17) is 0 Å². The number of carbonyl (C=O) groups excluding carboxylic acids is 2. The molecule has 4 rings (SSSR count). The van der Waals surface area contributed by atoms with Gasteiger partial charge in [0.1, 0.15) is 0 Å². The molecule has 4 aliphatic rings. The first-order valence-corrected chi connectivity index (χ1v) is 7.01. The zero-order valence-corrected chi connectivity index (χ0v) is 10.4. The minimum Gasteiger partial charge on any atom is -0.342 e. The normalized spacial score (nSPS) is 41.6. The van der Waals surface area contributed by atoms with Gasteiger partial charge in [-0.15, -0.1) is 0 Å². The fraction of sp³-hybridized carbons (Fsp3) is 0.600. The summed E-state index contributed by atoms with van der Waals surface area (Å²) in [6.07, 6.45) is 10.5. The molecule has 1 fully saturated rings. The summed E-state index contributed by atoms with van der Waals surface area (Å²) in [7, 11) is 0. The topological polar surface area (TPSA) is 46.2 Å². The minimum atomic E-state index is -0.159. The maximum atomic E-state index is 12.5. The van der Waals surface area contributed by atoms with Crippen LogP contribution in [0.5, 0.6) is 0 Å². The van der Waals surface area contributed by atoms with Crippen molar-refractivity contribution in [3.63, 3.8) is 0 Å². The number of amides is 1. The zero-order chi connectivity index (χ0) is 12.3. The third-order valence-corrected chi connectivity index (χ3v) is 5.26. The minimum absolute atomic E-state index is 0.0467. The molecule has 0 spiro atoms. The van der Waals surface area contributed by atoms with Gasteiger partial charge in [0.15, 0.2) is 5.78 Å². The molecule has 0 saturated heterocycles. The number of carbonyl (C=O) groups is 2. The van der Waals surface area contributed by atoms with Gasteiger partial charge in [0.2, 0.25) is 0 Å². The molecule has 0 aromatic rings. The van der Waals surface area contributed by atoms with E-state index in [0.717, 1.165) is 44.1 Å². The van der Waals surface area contributed by atoms with Crippen LogP contribution in [0.3, 0.4) is 0 Å². The van der Waals surface area contributed by atoms with Gasteiger partial charge in [-0.2, -0.15) is 0 Å². The lowest BCUT2D eigenvalue weighted by atomic mass is 9.58. The third-order valence-electron chi connectivity index (χ3n) is 5.26. The number of rotatable bonds is 0. The molecule has 1 aliphatic heterocycles. The fourth-order valence-corrected chi connectivity index (χ4v) is 4.55. The van der Waals surface area contributed by atoms with Gasteiger partial charge >= 0.3 is 0 Å². The van der Waals surface area contributed by atoms with Crippen molar-refractivity contribution in [3.8, 4) is 0 Å². The second-order valence-electron chi connectivity index (χ2n) is 5.99. The summed E-state index contributed by atoms with van der Waals surface area (Å²) in [6.45, 7) is 0. The Labute approximate surface area is 106 Å². The predicted molar refractivity (Wildman–Crippen MR) is 66.7 cm³/mol. The van der Waals surface area contributed by atoms with Gasteiger partial charge in [0.05, 0.1) is 11.1 Å². The van der Waals surface area contributed by atoms with Gasteiger partial charge in [0.25, 0.3) is 5.91 Å². The number of nitrogens with one attached hydrogen (secondary N) is 1. The van der Waals surface area contributed by atoms with Crippen molar-refractivity contribution in [1.29, 1.82) is 0 Å². The Morgan fingerprint density at radius 1 is 1.28 bits per heavy atom. The molecule has 0 aromatic heterocycles. The van der Waals surface area contributed by atoms with Crippen LogP contribution < -0.4 is 5.32 Å². The van der Waals surface area contributed by atoms with Crippen molar-refractivity contribution in [3.05, 3.63) is 23.3 Å². The lowest BCUT2D eigenvalue weighted by Gasteiger charge is -2.47. The van der Waals surface area contributed by atoms with E-state index in [-0.39, 0.29) is 23.1 Å². The van der Waals surface area contributed by atoms with Crippen LogP contribution in [-0.2, 0) is 9.59 Å². The highest BCUT2D eigenvalue weighted by Crippen LogP contribution is 2.53. The Hall–Kier alpha value is -1.38. The third kappa shape index (κ3) is 1.06. The number of hydrogen-bond donors (Lipinski definition) is 1. The van der Waals surface area contributed by atoms with Crippen molar-refractivity contribution < 1.29 is 9.59 Å². The summed E-state index contributed by atoms with van der Waals surface area (Å²) >= 11 is 0. The fourth-order valence-electron chi connectivity index (χ4n) is 4.55. The molecular formula is C15H17NO2. The SMILES string of the molecule is O=C1NC23CCCCC2=C1C(=O)C1C=CCCC13. The second kappa shape index (κ2) is 3.34. The van der Waals surface area contributed by atoms with Gasteiger partial charge in [-0.05, 0) is 43.6 Å². The van der Waals surface area contributed by atoms with E-state index < -0.39 is 0 Å². The summed E-state index contributed by atoms with van der Waals surface area (Å²) < 4.78 is 0. The van der Waals surface area contributed by atoms with Crippen LogP contribution in [-0.4, -0.2) is 17.2 Å². The summed E-state index contributed by atoms with van der Waals surface area (Å²) in [5, 5.41) is 3.19. The van der Waals surface area contributed by atoms with Crippen LogP contribution >= 0.6 is 0 Å². The highest BCUT2D eigenvalue weighted by molar-refractivity contribution is 6.24. The maximum Gasteiger partial charge on any atom is 0.255 e. The average molecular weight is 243 g/mol. The van der Waals surface area contributed by atoms with E-state index in [1.54, 1.807) is 0 Å². The molecule has 0 aromatic carbocycles. The molecule has 1 saturated carbocycles. The highest BCUT2D eigenvalue weighted by atomic mass is 16.2. The van der Waals surface area contributed by atoms with E-state index >= 15 is 0 Å². The largest absolute Gasteiger partial charge is 0.342 e. The highest BCUT2D eigenvalue weighted by Gasteiger charge is 2.59. The smallest absolute Gasteiger partial charge is 0.255 e. The van der Waals surface area contributed by atoms with E-state index in [9.17, 15) is 9.59 Å². The molecule has 18 heavy (non-hydrogen) atoms. The van der Waals surface area contributed by atoms with Gasteiger partial charge < -0.3 is 5.32 Å². The molecule has 1 amide bonds. The molecule has 3 unspecified atom stereocenters. The maximum absolute atomic E-state index is 12.5. The van der Waals surface area contributed by atoms with Crippen LogP contribution in [0.2, 0.25) is 0 Å². The first kappa shape index (κ1) is 10.5. The van der Waals surface area contributed by atoms with E-state index in [0.29, 0.717) is 11.5 Å². The van der Waals surface area contributed by atoms with Crippen molar-refractivity contribution in [2.75, 3.05) is 0 Å². The Bertz CT molecular complexity index is 517. The molecule has 3 atom stereocenters. The number of allylic oxidation sites excluding steroid dienone is 2. The lowest BCUT2D eigenvalue weighted by molar-refractivity contribution is -0.122. The first-order valence-electron chi connectivity index (χ1n) is 7.01. The Balaban J connectivity index is 1.94. The number of hydrogen-bond acceptors (Lipinski definition) is 2. The van der Waals surface area contributed by atoms with Crippen LogP contribution in [0, 0.1) is 11.8 Å². The molecule has 3 aliphatic carbocycles. The Morgan fingerprint density at radius 2 is 2.17 bits per heavy atom. The van der Waals surface area contributed by atoms with Crippen molar-refractivity contribution >= 4 is 11.7 Å². The van der Waals surface area contributed by atoms with Crippen molar-refractivity contribution in [2.24, 2.45) is 11.8 Å². The van der Waals surface area contributed by atoms with Crippen molar-refractivity contribution in [2.45, 2.75) is 44.1 Å². The van der Waals surface area contributed by atoms with Crippen LogP contribution in [0.15, 0.2) is 23.3 Å². The van der Waals surface area contributed by atoms with Crippen LogP contribution in [0.1, 0.15) is 38.5 Å². The summed E-state index contributed by atoms with van der Waals surface area (Å²) in [6, 6.07) is 0. The molecular weight excluding hydrogens is 226 g/mol. The van der Waals surface area contributed by atoms with E-state index in [2.05, 4.69) is 11.4 Å². The Morgan fingerprint density at radius 3 is 3.06 bits per heavy atom. The average Bonchev–Trinajstić information content (AvgIpc) is 2.66. The van der Waals surface area contributed by atoms with Crippen molar-refractivity contribution in [1.82, 2.24) is 5.32 Å². The molecule has 0 radical (unpaired) electrons. The number of Topliss-reactive ketones (excluding diaryl/α,β-unsaturated/α-hetero) is 1. The van der Waals surface area contributed by atoms with Gasteiger partial charge in [-0.3, -0.25) is 9.59 Å². The summed E-state index contributed by atoms with van der Waals surface area (Å²) in [4.78, 5) is 24.7. The molecule has 1 N–H and O–H groups in total. The second-order valence-corrected chi connectivity index (χ2v) is 5.99. The quantitative estimate of drug-likeness (QED) is 0.521. The molecule has 3 heteroatoms. The predicted octanol–water partition coefficient (Wildman–Crippen LogP) is 1.89. The first-order chi connectivity index (χ1) is 8.74. The van der Waals surface area contributed by atoms with Crippen LogP contribution in [0.4, 0.5) is 0 Å². The van der Waals surface area contributed by atoms with E-state index in [1.165, 1.54) is 0 Å². The monoisotopic (exact) mass is 243 g/mol. The van der Waals surface area contributed by atoms with Crippen LogP contribution in [0.25, 0.3) is 0 Å². The number of ketones is 1. The molecule has 2 bridgehead atoms.